The van der Waals surface area contributed by atoms with Gasteiger partial charge in [-0.15, -0.1) is 5.10 Å². The van der Waals surface area contributed by atoms with Gasteiger partial charge in [0.2, 0.25) is 5.91 Å². The van der Waals surface area contributed by atoms with Crippen molar-refractivity contribution in [2.45, 2.75) is 51.9 Å². The zero-order chi connectivity index (χ0) is 22.6. The van der Waals surface area contributed by atoms with Crippen molar-refractivity contribution in [3.8, 4) is 5.69 Å². The maximum atomic E-state index is 12.9. The number of hydrogen-bond donors (Lipinski definition) is 1. The molecule has 0 spiro atoms. The topological polar surface area (TPSA) is 75.9 Å². The minimum Gasteiger partial charge on any atom is -0.355 e. The first-order valence-electron chi connectivity index (χ1n) is 12.2. The van der Waals surface area contributed by atoms with Gasteiger partial charge in [-0.25, -0.2) is 14.6 Å². The lowest BCUT2D eigenvalue weighted by Gasteiger charge is -2.33. The first-order valence-corrected chi connectivity index (χ1v) is 12.2. The summed E-state index contributed by atoms with van der Waals surface area (Å²) in [5, 5.41) is 8.76. The predicted octanol–water partition coefficient (Wildman–Crippen LogP) is 4.35. The van der Waals surface area contributed by atoms with Gasteiger partial charge in [0.05, 0.1) is 17.0 Å². The van der Waals surface area contributed by atoms with Gasteiger partial charge in [-0.05, 0) is 64.0 Å². The molecule has 3 aromatic rings. The van der Waals surface area contributed by atoms with E-state index in [4.69, 9.17) is 0 Å². The molecule has 2 aromatic heterocycles. The maximum Gasteiger partial charge on any atom is 0.224 e. The quantitative estimate of drug-likeness (QED) is 0.572. The van der Waals surface area contributed by atoms with E-state index >= 15 is 0 Å². The molecule has 1 unspecified atom stereocenters. The molecule has 1 aliphatic heterocycles. The molecule has 2 aliphatic rings. The van der Waals surface area contributed by atoms with Gasteiger partial charge < -0.3 is 10.2 Å². The fourth-order valence-corrected chi connectivity index (χ4v) is 4.91. The number of piperidine rings is 1. The van der Waals surface area contributed by atoms with Gasteiger partial charge in [0.25, 0.3) is 0 Å². The highest BCUT2D eigenvalue weighted by atomic mass is 16.1. The van der Waals surface area contributed by atoms with Gasteiger partial charge in [-0.3, -0.25) is 4.79 Å². The van der Waals surface area contributed by atoms with Crippen LogP contribution in [0.3, 0.4) is 0 Å². The monoisotopic (exact) mass is 444 g/mol. The molecule has 1 aromatic carbocycles. The van der Waals surface area contributed by atoms with Crippen molar-refractivity contribution in [3.63, 3.8) is 0 Å². The molecule has 0 bridgehead atoms. The molecule has 0 saturated carbocycles. The summed E-state index contributed by atoms with van der Waals surface area (Å²) in [5.41, 5.74) is 4.38. The number of nitrogens with one attached hydrogen (secondary N) is 1. The molecule has 1 atom stereocenters. The van der Waals surface area contributed by atoms with Crippen molar-refractivity contribution < 1.29 is 4.79 Å². The van der Waals surface area contributed by atoms with E-state index in [1.54, 1.807) is 6.33 Å². The minimum atomic E-state index is -0.0174. The summed E-state index contributed by atoms with van der Waals surface area (Å²) in [6.45, 7) is 4.38. The van der Waals surface area contributed by atoms with Crippen molar-refractivity contribution in [1.82, 2.24) is 25.1 Å². The van der Waals surface area contributed by atoms with E-state index in [0.29, 0.717) is 12.2 Å². The molecular weight excluding hydrogens is 412 g/mol. The Bertz CT molecular complexity index is 1150. The predicted molar refractivity (Wildman–Crippen MR) is 131 cm³/mol. The number of carbonyl (C=O) groups is 1. The lowest BCUT2D eigenvalue weighted by atomic mass is 9.96. The van der Waals surface area contributed by atoms with E-state index in [1.807, 2.05) is 10.9 Å². The molecule has 1 aliphatic carbocycles. The average Bonchev–Trinajstić information content (AvgIpc) is 3.30. The molecule has 1 saturated heterocycles. The molecule has 1 amide bonds. The minimum absolute atomic E-state index is 0.0174. The zero-order valence-electron chi connectivity index (χ0n) is 19.3. The summed E-state index contributed by atoms with van der Waals surface area (Å²) in [6, 6.07) is 8.26. The Morgan fingerprint density at radius 1 is 1.15 bits per heavy atom. The molecule has 172 valence electrons. The van der Waals surface area contributed by atoms with Crippen molar-refractivity contribution in [3.05, 3.63) is 54.0 Å². The van der Waals surface area contributed by atoms with Crippen molar-refractivity contribution in [1.29, 1.82) is 0 Å². The smallest absolute Gasteiger partial charge is 0.224 e. The van der Waals surface area contributed by atoms with Crippen LogP contribution < -0.4 is 10.2 Å². The highest BCUT2D eigenvalue weighted by Gasteiger charge is 2.28. The van der Waals surface area contributed by atoms with Gasteiger partial charge in [0.1, 0.15) is 12.1 Å². The Hall–Kier alpha value is -3.22. The third kappa shape index (κ3) is 4.92. The number of benzene rings is 1. The maximum absolute atomic E-state index is 12.9. The van der Waals surface area contributed by atoms with Crippen LogP contribution in [0.4, 0.5) is 5.82 Å². The Kier molecular flexibility index (Phi) is 6.37. The van der Waals surface area contributed by atoms with Crippen LogP contribution in [0.5, 0.6) is 0 Å². The number of nitrogens with zero attached hydrogens (tertiary/aromatic N) is 5. The van der Waals surface area contributed by atoms with Crippen LogP contribution in [0.2, 0.25) is 0 Å². The highest BCUT2D eigenvalue weighted by molar-refractivity contribution is 5.87. The van der Waals surface area contributed by atoms with Crippen LogP contribution in [0, 0.1) is 12.8 Å². The standard InChI is InChI=1S/C26H32N6O/c1-19-9-11-22(12-10-19)32-17-23-24(30-32)28-18-29-25(23)31-15-5-8-21(16-31)26(33)27-14-13-20-6-3-2-4-7-20/h6,9-12,17-18,21H,2-5,7-8,13-16H2,1H3,(H,27,33). The van der Waals surface area contributed by atoms with Crippen molar-refractivity contribution in [2.24, 2.45) is 5.92 Å². The lowest BCUT2D eigenvalue weighted by molar-refractivity contribution is -0.125. The number of carbonyl (C=O) groups excluding carboxylic acids is 1. The van der Waals surface area contributed by atoms with Crippen molar-refractivity contribution in [2.75, 3.05) is 24.5 Å². The van der Waals surface area contributed by atoms with Crippen LogP contribution in [-0.2, 0) is 4.79 Å². The Morgan fingerprint density at radius 2 is 2.03 bits per heavy atom. The van der Waals surface area contributed by atoms with E-state index < -0.39 is 0 Å². The molecule has 3 heterocycles. The number of hydrogen-bond acceptors (Lipinski definition) is 5. The van der Waals surface area contributed by atoms with E-state index in [2.05, 4.69) is 62.5 Å². The summed E-state index contributed by atoms with van der Waals surface area (Å²) in [5.74, 6) is 1.01. The third-order valence-corrected chi connectivity index (χ3v) is 6.82. The number of allylic oxidation sites excluding steroid dienone is 1. The van der Waals surface area contributed by atoms with Crippen LogP contribution in [-0.4, -0.2) is 45.3 Å². The van der Waals surface area contributed by atoms with E-state index in [1.165, 1.54) is 36.8 Å². The SMILES string of the molecule is Cc1ccc(-n2cc3c(N4CCCC(C(=O)NCCC5=CCCCC5)C4)ncnc3n2)cc1. The largest absolute Gasteiger partial charge is 0.355 e. The molecule has 1 fully saturated rings. The van der Waals surface area contributed by atoms with E-state index in [-0.39, 0.29) is 11.8 Å². The lowest BCUT2D eigenvalue weighted by Crippen LogP contribution is -2.43. The Balaban J connectivity index is 1.27. The number of aromatic nitrogens is 4. The fraction of sp³-hybridized carbons (Fsp3) is 0.462. The van der Waals surface area contributed by atoms with E-state index in [0.717, 1.165) is 49.2 Å². The molecule has 0 radical (unpaired) electrons. The van der Waals surface area contributed by atoms with Crippen LogP contribution in [0.25, 0.3) is 16.7 Å². The van der Waals surface area contributed by atoms with Gasteiger partial charge in [-0.1, -0.05) is 29.3 Å². The van der Waals surface area contributed by atoms with Crippen LogP contribution in [0.1, 0.15) is 50.5 Å². The second-order valence-corrected chi connectivity index (χ2v) is 9.28. The zero-order valence-corrected chi connectivity index (χ0v) is 19.3. The average molecular weight is 445 g/mol. The van der Waals surface area contributed by atoms with E-state index in [9.17, 15) is 4.79 Å². The van der Waals surface area contributed by atoms with Gasteiger partial charge in [0.15, 0.2) is 5.65 Å². The normalized spacial score (nSPS) is 18.9. The number of anilines is 1. The number of fused-ring (bicyclic) bond motifs is 1. The molecule has 1 N–H and O–H groups in total. The number of amides is 1. The number of aryl methyl sites for hydroxylation is 1. The summed E-state index contributed by atoms with van der Waals surface area (Å²) in [6.07, 6.45) is 13.8. The third-order valence-electron chi connectivity index (χ3n) is 6.82. The summed E-state index contributed by atoms with van der Waals surface area (Å²) < 4.78 is 1.86. The summed E-state index contributed by atoms with van der Waals surface area (Å²) in [4.78, 5) is 24.1. The molecule has 33 heavy (non-hydrogen) atoms. The molecule has 7 nitrogen and oxygen atoms in total. The van der Waals surface area contributed by atoms with Crippen LogP contribution in [0.15, 0.2) is 48.4 Å². The second-order valence-electron chi connectivity index (χ2n) is 9.28. The highest BCUT2D eigenvalue weighted by Crippen LogP contribution is 2.28. The van der Waals surface area contributed by atoms with Gasteiger partial charge in [0, 0.05) is 25.8 Å². The van der Waals surface area contributed by atoms with Crippen molar-refractivity contribution >= 4 is 22.8 Å². The Labute approximate surface area is 194 Å². The van der Waals surface area contributed by atoms with Crippen LogP contribution >= 0.6 is 0 Å². The Morgan fingerprint density at radius 3 is 2.85 bits per heavy atom. The molecule has 7 heteroatoms. The first kappa shape index (κ1) is 21.6. The van der Waals surface area contributed by atoms with Gasteiger partial charge in [-0.2, -0.15) is 0 Å². The molecular formula is C26H32N6O. The first-order chi connectivity index (χ1) is 16.2. The molecule has 5 rings (SSSR count). The fourth-order valence-electron chi connectivity index (χ4n) is 4.91. The second kappa shape index (κ2) is 9.73. The number of rotatable bonds is 6. The summed E-state index contributed by atoms with van der Waals surface area (Å²) >= 11 is 0. The van der Waals surface area contributed by atoms with Gasteiger partial charge >= 0.3 is 0 Å². The summed E-state index contributed by atoms with van der Waals surface area (Å²) in [7, 11) is 0.